The molecule has 1 amide bonds. The van der Waals surface area contributed by atoms with Crippen molar-refractivity contribution in [2.45, 2.75) is 32.9 Å². The summed E-state index contributed by atoms with van der Waals surface area (Å²) in [6.07, 6.45) is 5.06. The van der Waals surface area contributed by atoms with Gasteiger partial charge in [-0.1, -0.05) is 12.0 Å². The first-order valence-corrected chi connectivity index (χ1v) is 7.47. The molecule has 0 heterocycles. The van der Waals surface area contributed by atoms with Crippen LogP contribution in [0.3, 0.4) is 0 Å². The van der Waals surface area contributed by atoms with Gasteiger partial charge in [-0.15, -0.1) is 6.42 Å². The monoisotopic (exact) mass is 352 g/mol. The largest absolute Gasteiger partial charge is 0.483 e. The Kier molecular flexibility index (Phi) is 6.73. The quantitative estimate of drug-likeness (QED) is 0.773. The summed E-state index contributed by atoms with van der Waals surface area (Å²) in [5, 5.41) is 5.96. The first-order chi connectivity index (χ1) is 9.81. The molecular weight excluding hydrogens is 332 g/mol. The molecule has 0 aromatic heterocycles. The van der Waals surface area contributed by atoms with Gasteiger partial charge in [-0.2, -0.15) is 0 Å². The van der Waals surface area contributed by atoms with Crippen molar-refractivity contribution >= 4 is 21.8 Å². The van der Waals surface area contributed by atoms with Gasteiger partial charge in [0.2, 0.25) is 0 Å². The van der Waals surface area contributed by atoms with Crippen LogP contribution in [-0.4, -0.2) is 24.6 Å². The summed E-state index contributed by atoms with van der Waals surface area (Å²) in [6, 6.07) is 5.80. The van der Waals surface area contributed by atoms with Crippen LogP contribution in [0.1, 0.15) is 26.3 Å². The number of terminal acetylenes is 1. The first-order valence-electron chi connectivity index (χ1n) is 6.68. The highest BCUT2D eigenvalue weighted by atomic mass is 79.9. The first kappa shape index (κ1) is 17.5. The summed E-state index contributed by atoms with van der Waals surface area (Å²) >= 11 is 3.45. The fourth-order valence-corrected chi connectivity index (χ4v) is 2.02. The highest BCUT2D eigenvalue weighted by molar-refractivity contribution is 9.10. The van der Waals surface area contributed by atoms with Gasteiger partial charge >= 0.3 is 0 Å². The third-order valence-electron chi connectivity index (χ3n) is 2.57. The van der Waals surface area contributed by atoms with E-state index in [1.54, 1.807) is 0 Å². The van der Waals surface area contributed by atoms with E-state index in [9.17, 15) is 4.79 Å². The van der Waals surface area contributed by atoms with Crippen LogP contribution in [-0.2, 0) is 11.3 Å². The molecule has 0 saturated carbocycles. The Morgan fingerprint density at radius 3 is 2.71 bits per heavy atom. The van der Waals surface area contributed by atoms with Crippen molar-refractivity contribution in [2.24, 2.45) is 0 Å². The molecular formula is C16H21BrN2O2. The molecule has 114 valence electrons. The van der Waals surface area contributed by atoms with Crippen LogP contribution < -0.4 is 15.4 Å². The van der Waals surface area contributed by atoms with Gasteiger partial charge in [0, 0.05) is 12.1 Å². The van der Waals surface area contributed by atoms with Gasteiger partial charge in [0.25, 0.3) is 5.91 Å². The number of carbonyl (C=O) groups excluding carboxylic acids is 1. The molecule has 0 atom stereocenters. The van der Waals surface area contributed by atoms with Crippen molar-refractivity contribution in [3.63, 3.8) is 0 Å². The van der Waals surface area contributed by atoms with Gasteiger partial charge in [-0.25, -0.2) is 0 Å². The Morgan fingerprint density at radius 2 is 2.14 bits per heavy atom. The van der Waals surface area contributed by atoms with Gasteiger partial charge < -0.3 is 15.4 Å². The van der Waals surface area contributed by atoms with Gasteiger partial charge in [-0.3, -0.25) is 4.79 Å². The lowest BCUT2D eigenvalue weighted by molar-refractivity contribution is -0.122. The zero-order valence-corrected chi connectivity index (χ0v) is 14.2. The number of benzene rings is 1. The predicted octanol–water partition coefficient (Wildman–Crippen LogP) is 2.47. The molecule has 1 rings (SSSR count). The summed E-state index contributed by atoms with van der Waals surface area (Å²) in [7, 11) is 0. The lowest BCUT2D eigenvalue weighted by atomic mass is 10.1. The standard InChI is InChI=1S/C16H21BrN2O2/c1-5-8-18-15(20)11-21-14-7-6-12(9-13(14)17)10-19-16(2,3)4/h1,6-7,9,19H,8,10-11H2,2-4H3,(H,18,20). The molecule has 0 aliphatic rings. The molecule has 0 aliphatic carbocycles. The Balaban J connectivity index is 2.54. The van der Waals surface area contributed by atoms with E-state index in [1.165, 1.54) is 0 Å². The smallest absolute Gasteiger partial charge is 0.258 e. The number of hydrogen-bond donors (Lipinski definition) is 2. The molecule has 1 aromatic rings. The molecule has 0 saturated heterocycles. The van der Waals surface area contributed by atoms with Crippen molar-refractivity contribution in [1.82, 2.24) is 10.6 Å². The Labute approximate surface area is 134 Å². The number of amides is 1. The normalized spacial score (nSPS) is 10.8. The van der Waals surface area contributed by atoms with Crippen molar-refractivity contribution in [2.75, 3.05) is 13.2 Å². The Morgan fingerprint density at radius 1 is 1.43 bits per heavy atom. The van der Waals surface area contributed by atoms with E-state index < -0.39 is 0 Å². The van der Waals surface area contributed by atoms with Crippen LogP contribution in [0.4, 0.5) is 0 Å². The molecule has 1 aromatic carbocycles. The minimum Gasteiger partial charge on any atom is -0.483 e. The van der Waals surface area contributed by atoms with E-state index in [4.69, 9.17) is 11.2 Å². The highest BCUT2D eigenvalue weighted by Crippen LogP contribution is 2.26. The second kappa shape index (κ2) is 8.06. The molecule has 0 unspecified atom stereocenters. The van der Waals surface area contributed by atoms with Gasteiger partial charge in [-0.05, 0) is 54.4 Å². The molecule has 0 aliphatic heterocycles. The second-order valence-corrected chi connectivity index (χ2v) is 6.49. The van der Waals surface area contributed by atoms with Gasteiger partial charge in [0.05, 0.1) is 11.0 Å². The average molecular weight is 353 g/mol. The minimum absolute atomic E-state index is 0.0557. The van der Waals surface area contributed by atoms with Crippen LogP contribution >= 0.6 is 15.9 Å². The minimum atomic E-state index is -0.238. The Bertz CT molecular complexity index is 530. The molecule has 21 heavy (non-hydrogen) atoms. The van der Waals surface area contributed by atoms with Crippen LogP contribution in [0.2, 0.25) is 0 Å². The van der Waals surface area contributed by atoms with E-state index in [0.29, 0.717) is 5.75 Å². The summed E-state index contributed by atoms with van der Waals surface area (Å²) < 4.78 is 6.27. The third-order valence-corrected chi connectivity index (χ3v) is 3.19. The molecule has 4 nitrogen and oxygen atoms in total. The predicted molar refractivity (Wildman–Crippen MR) is 88.1 cm³/mol. The number of carbonyl (C=O) groups is 1. The second-order valence-electron chi connectivity index (χ2n) is 5.64. The lowest BCUT2D eigenvalue weighted by Gasteiger charge is -2.20. The van der Waals surface area contributed by atoms with Gasteiger partial charge in [0.1, 0.15) is 5.75 Å². The highest BCUT2D eigenvalue weighted by Gasteiger charge is 2.10. The van der Waals surface area contributed by atoms with E-state index in [1.807, 2.05) is 18.2 Å². The number of nitrogens with one attached hydrogen (secondary N) is 2. The summed E-state index contributed by atoms with van der Waals surface area (Å²) in [5.74, 6) is 2.73. The maximum atomic E-state index is 11.4. The maximum Gasteiger partial charge on any atom is 0.258 e. The van der Waals surface area contributed by atoms with E-state index in [-0.39, 0.29) is 24.6 Å². The fraction of sp³-hybridized carbons (Fsp3) is 0.438. The molecule has 0 fully saturated rings. The molecule has 2 N–H and O–H groups in total. The van der Waals surface area contributed by atoms with E-state index in [2.05, 4.69) is 53.3 Å². The zero-order valence-electron chi connectivity index (χ0n) is 12.6. The van der Waals surface area contributed by atoms with Crippen molar-refractivity contribution < 1.29 is 9.53 Å². The molecule has 5 heteroatoms. The van der Waals surface area contributed by atoms with E-state index >= 15 is 0 Å². The van der Waals surface area contributed by atoms with Crippen LogP contribution in [0, 0.1) is 12.3 Å². The summed E-state index contributed by atoms with van der Waals surface area (Å²) in [6.45, 7) is 7.28. The van der Waals surface area contributed by atoms with Crippen LogP contribution in [0.25, 0.3) is 0 Å². The van der Waals surface area contributed by atoms with Crippen molar-refractivity contribution in [3.8, 4) is 18.1 Å². The van der Waals surface area contributed by atoms with Gasteiger partial charge in [0.15, 0.2) is 6.61 Å². The average Bonchev–Trinajstić information content (AvgIpc) is 2.41. The van der Waals surface area contributed by atoms with Crippen molar-refractivity contribution in [3.05, 3.63) is 28.2 Å². The topological polar surface area (TPSA) is 50.4 Å². The number of hydrogen-bond acceptors (Lipinski definition) is 3. The fourth-order valence-electron chi connectivity index (χ4n) is 1.48. The zero-order chi connectivity index (χ0) is 15.9. The van der Waals surface area contributed by atoms with Crippen molar-refractivity contribution in [1.29, 1.82) is 0 Å². The third kappa shape index (κ3) is 7.16. The molecule has 0 bridgehead atoms. The molecule has 0 radical (unpaired) electrons. The number of ether oxygens (including phenoxy) is 1. The number of halogens is 1. The van der Waals surface area contributed by atoms with Crippen LogP contribution in [0.15, 0.2) is 22.7 Å². The Hall–Kier alpha value is -1.51. The SMILES string of the molecule is C#CCNC(=O)COc1ccc(CNC(C)(C)C)cc1Br. The summed E-state index contributed by atoms with van der Waals surface area (Å²) in [5.41, 5.74) is 1.21. The summed E-state index contributed by atoms with van der Waals surface area (Å²) in [4.78, 5) is 11.4. The number of rotatable bonds is 6. The van der Waals surface area contributed by atoms with E-state index in [0.717, 1.165) is 16.6 Å². The molecule has 0 spiro atoms. The lowest BCUT2D eigenvalue weighted by Crippen LogP contribution is -2.35. The maximum absolute atomic E-state index is 11.4. The van der Waals surface area contributed by atoms with Crippen LogP contribution in [0.5, 0.6) is 5.75 Å².